The summed E-state index contributed by atoms with van der Waals surface area (Å²) in [6, 6.07) is 11.8. The summed E-state index contributed by atoms with van der Waals surface area (Å²) in [5.74, 6) is -0.0598. The van der Waals surface area contributed by atoms with E-state index in [2.05, 4.69) is 23.3 Å². The lowest BCUT2D eigenvalue weighted by Gasteiger charge is -2.16. The van der Waals surface area contributed by atoms with Crippen LogP contribution in [0.3, 0.4) is 0 Å². The standard InChI is InChI=1S/C22H27N3OS/c1-5-7-8-18-12-10-17(14-23)22(25-18)27-20(6-2)21(26)24-19-11-9-15(3)16(4)13-19/h9-13,20H,5-8H2,1-4H3,(H,24,26). The molecule has 0 spiro atoms. The van der Waals surface area contributed by atoms with Crippen molar-refractivity contribution in [3.8, 4) is 6.07 Å². The Balaban J connectivity index is 2.16. The monoisotopic (exact) mass is 381 g/mol. The van der Waals surface area contributed by atoms with Gasteiger partial charge in [0, 0.05) is 11.4 Å². The lowest BCUT2D eigenvalue weighted by atomic mass is 10.1. The number of aryl methyl sites for hydroxylation is 3. The van der Waals surface area contributed by atoms with Gasteiger partial charge in [0.15, 0.2) is 0 Å². The van der Waals surface area contributed by atoms with Gasteiger partial charge in [-0.25, -0.2) is 4.98 Å². The molecule has 1 amide bonds. The van der Waals surface area contributed by atoms with Crippen molar-refractivity contribution in [3.63, 3.8) is 0 Å². The van der Waals surface area contributed by atoms with Crippen LogP contribution < -0.4 is 5.32 Å². The highest BCUT2D eigenvalue weighted by Crippen LogP contribution is 2.28. The number of carbonyl (C=O) groups excluding carboxylic acids is 1. The molecule has 0 fully saturated rings. The molecule has 1 N–H and O–H groups in total. The highest BCUT2D eigenvalue weighted by Gasteiger charge is 2.21. The van der Waals surface area contributed by atoms with Crippen LogP contribution in [0.15, 0.2) is 35.4 Å². The second kappa shape index (κ2) is 10.1. The van der Waals surface area contributed by atoms with Gasteiger partial charge in [0.2, 0.25) is 5.91 Å². The second-order valence-electron chi connectivity index (χ2n) is 6.67. The zero-order valence-electron chi connectivity index (χ0n) is 16.5. The number of rotatable bonds is 8. The minimum atomic E-state index is -0.298. The molecule has 1 unspecified atom stereocenters. The predicted molar refractivity (Wildman–Crippen MR) is 112 cm³/mol. The van der Waals surface area contributed by atoms with Gasteiger partial charge in [0.25, 0.3) is 0 Å². The zero-order chi connectivity index (χ0) is 19.8. The van der Waals surface area contributed by atoms with E-state index in [-0.39, 0.29) is 11.2 Å². The smallest absolute Gasteiger partial charge is 0.237 e. The van der Waals surface area contributed by atoms with Crippen molar-refractivity contribution in [2.24, 2.45) is 0 Å². The number of hydrogen-bond acceptors (Lipinski definition) is 4. The molecule has 2 aromatic rings. The van der Waals surface area contributed by atoms with Gasteiger partial charge >= 0.3 is 0 Å². The van der Waals surface area contributed by atoms with Gasteiger partial charge < -0.3 is 5.32 Å². The SMILES string of the molecule is CCCCc1ccc(C#N)c(SC(CC)C(=O)Nc2ccc(C)c(C)c2)n1. The summed E-state index contributed by atoms with van der Waals surface area (Å²) in [7, 11) is 0. The minimum Gasteiger partial charge on any atom is -0.325 e. The number of thioether (sulfide) groups is 1. The Kier molecular flexibility index (Phi) is 7.87. The summed E-state index contributed by atoms with van der Waals surface area (Å²) in [4.78, 5) is 17.4. The molecule has 1 aromatic heterocycles. The summed E-state index contributed by atoms with van der Waals surface area (Å²) < 4.78 is 0. The molecule has 0 aliphatic heterocycles. The maximum absolute atomic E-state index is 12.8. The fraction of sp³-hybridized carbons (Fsp3) is 0.409. The van der Waals surface area contributed by atoms with Crippen LogP contribution in [0.4, 0.5) is 5.69 Å². The Bertz CT molecular complexity index is 842. The molecule has 142 valence electrons. The van der Waals surface area contributed by atoms with Crippen molar-refractivity contribution >= 4 is 23.4 Å². The van der Waals surface area contributed by atoms with Gasteiger partial charge in [-0.05, 0) is 68.5 Å². The van der Waals surface area contributed by atoms with E-state index in [4.69, 9.17) is 0 Å². The van der Waals surface area contributed by atoms with E-state index >= 15 is 0 Å². The van der Waals surface area contributed by atoms with Crippen LogP contribution >= 0.6 is 11.8 Å². The average molecular weight is 382 g/mol. The highest BCUT2D eigenvalue weighted by atomic mass is 32.2. The third-order valence-electron chi connectivity index (χ3n) is 4.52. The summed E-state index contributed by atoms with van der Waals surface area (Å²) in [5, 5.41) is 12.7. The number of anilines is 1. The van der Waals surface area contributed by atoms with Crippen molar-refractivity contribution in [3.05, 3.63) is 52.7 Å². The maximum Gasteiger partial charge on any atom is 0.237 e. The molecule has 5 heteroatoms. The molecule has 1 heterocycles. The molecular formula is C22H27N3OS. The number of nitrogens with zero attached hydrogens (tertiary/aromatic N) is 2. The van der Waals surface area contributed by atoms with Crippen LogP contribution in [0.1, 0.15) is 55.5 Å². The van der Waals surface area contributed by atoms with Crippen molar-refractivity contribution in [2.45, 2.75) is 63.7 Å². The fourth-order valence-corrected chi connectivity index (χ4v) is 3.66. The van der Waals surface area contributed by atoms with Crippen molar-refractivity contribution in [1.82, 2.24) is 4.98 Å². The van der Waals surface area contributed by atoms with E-state index in [1.807, 2.05) is 51.1 Å². The van der Waals surface area contributed by atoms with E-state index in [9.17, 15) is 10.1 Å². The first kappa shape index (κ1) is 21.0. The number of unbranched alkanes of at least 4 members (excludes halogenated alkanes) is 1. The Labute approximate surface area is 166 Å². The van der Waals surface area contributed by atoms with E-state index in [0.29, 0.717) is 17.0 Å². The number of amides is 1. The Morgan fingerprint density at radius 1 is 1.22 bits per heavy atom. The normalized spacial score (nSPS) is 11.7. The average Bonchev–Trinajstić information content (AvgIpc) is 2.67. The van der Waals surface area contributed by atoms with Gasteiger partial charge in [0.05, 0.1) is 10.8 Å². The molecule has 0 saturated carbocycles. The molecule has 0 aliphatic rings. The minimum absolute atomic E-state index is 0.0598. The van der Waals surface area contributed by atoms with E-state index < -0.39 is 0 Å². The summed E-state index contributed by atoms with van der Waals surface area (Å²) in [6.45, 7) is 8.20. The number of nitriles is 1. The van der Waals surface area contributed by atoms with Crippen LogP contribution in [0.25, 0.3) is 0 Å². The number of hydrogen-bond donors (Lipinski definition) is 1. The molecule has 1 aromatic carbocycles. The van der Waals surface area contributed by atoms with E-state index in [1.54, 1.807) is 0 Å². The molecule has 4 nitrogen and oxygen atoms in total. The Morgan fingerprint density at radius 2 is 2.00 bits per heavy atom. The molecule has 27 heavy (non-hydrogen) atoms. The van der Waals surface area contributed by atoms with Crippen molar-refractivity contribution in [1.29, 1.82) is 5.26 Å². The summed E-state index contributed by atoms with van der Waals surface area (Å²) in [5.41, 5.74) is 4.64. The first-order valence-electron chi connectivity index (χ1n) is 9.43. The van der Waals surface area contributed by atoms with Crippen LogP contribution in [0, 0.1) is 25.2 Å². The lowest BCUT2D eigenvalue weighted by molar-refractivity contribution is -0.115. The van der Waals surface area contributed by atoms with Crippen LogP contribution in [0.2, 0.25) is 0 Å². The van der Waals surface area contributed by atoms with Crippen LogP contribution in [-0.4, -0.2) is 16.1 Å². The Morgan fingerprint density at radius 3 is 2.63 bits per heavy atom. The fourth-order valence-electron chi connectivity index (χ4n) is 2.65. The molecule has 1 atom stereocenters. The van der Waals surface area contributed by atoms with Crippen LogP contribution in [0.5, 0.6) is 0 Å². The Hall–Kier alpha value is -2.32. The van der Waals surface area contributed by atoms with Gasteiger partial charge in [0.1, 0.15) is 11.1 Å². The van der Waals surface area contributed by atoms with E-state index in [1.165, 1.54) is 17.3 Å². The number of nitrogens with one attached hydrogen (secondary N) is 1. The third kappa shape index (κ3) is 5.83. The van der Waals surface area contributed by atoms with Gasteiger partial charge in [-0.3, -0.25) is 4.79 Å². The lowest BCUT2D eigenvalue weighted by Crippen LogP contribution is -2.25. The number of carbonyl (C=O) groups is 1. The van der Waals surface area contributed by atoms with Gasteiger partial charge in [-0.2, -0.15) is 5.26 Å². The number of pyridine rings is 1. The second-order valence-corrected chi connectivity index (χ2v) is 7.87. The molecule has 0 saturated heterocycles. The van der Waals surface area contributed by atoms with Crippen molar-refractivity contribution < 1.29 is 4.79 Å². The molecule has 2 rings (SSSR count). The third-order valence-corrected chi connectivity index (χ3v) is 5.88. The summed E-state index contributed by atoms with van der Waals surface area (Å²) >= 11 is 1.38. The molecule has 0 bridgehead atoms. The molecule has 0 aliphatic carbocycles. The molecular weight excluding hydrogens is 354 g/mol. The molecule has 0 radical (unpaired) electrons. The first-order valence-corrected chi connectivity index (χ1v) is 10.3. The largest absolute Gasteiger partial charge is 0.325 e. The maximum atomic E-state index is 12.8. The number of aromatic nitrogens is 1. The van der Waals surface area contributed by atoms with Gasteiger partial charge in [-0.1, -0.05) is 38.1 Å². The predicted octanol–water partition coefficient (Wildman–Crippen LogP) is 5.42. The van der Waals surface area contributed by atoms with Crippen LogP contribution in [-0.2, 0) is 11.2 Å². The zero-order valence-corrected chi connectivity index (χ0v) is 17.3. The van der Waals surface area contributed by atoms with Gasteiger partial charge in [-0.15, -0.1) is 0 Å². The summed E-state index contributed by atoms with van der Waals surface area (Å²) in [6.07, 6.45) is 3.71. The van der Waals surface area contributed by atoms with E-state index in [0.717, 1.165) is 36.2 Å². The topological polar surface area (TPSA) is 65.8 Å². The first-order chi connectivity index (χ1) is 13.0. The highest BCUT2D eigenvalue weighted by molar-refractivity contribution is 8.00. The van der Waals surface area contributed by atoms with Crippen molar-refractivity contribution in [2.75, 3.05) is 5.32 Å². The number of benzene rings is 1. The quantitative estimate of drug-likeness (QED) is 0.620.